The molecule has 0 aromatic carbocycles. The summed E-state index contributed by atoms with van der Waals surface area (Å²) in [5, 5.41) is 12.2. The molecule has 132 valence electrons. The van der Waals surface area contributed by atoms with Gasteiger partial charge >= 0.3 is 0 Å². The molecule has 0 saturated carbocycles. The Bertz CT molecular complexity index is 973. The Morgan fingerprint density at radius 2 is 1.76 bits per heavy atom. The highest BCUT2D eigenvalue weighted by Gasteiger charge is 2.15. The van der Waals surface area contributed by atoms with Gasteiger partial charge < -0.3 is 5.32 Å². The normalized spacial score (nSPS) is 11.3. The quantitative estimate of drug-likeness (QED) is 0.718. The van der Waals surface area contributed by atoms with E-state index in [1.165, 1.54) is 11.8 Å². The van der Waals surface area contributed by atoms with Crippen molar-refractivity contribution in [3.8, 4) is 0 Å². The number of fused-ring (bicyclic) bond motifs is 1. The molecule has 3 rings (SSSR count). The Hall–Kier alpha value is -2.42. The van der Waals surface area contributed by atoms with E-state index in [4.69, 9.17) is 0 Å². The van der Waals surface area contributed by atoms with Gasteiger partial charge in [0.15, 0.2) is 0 Å². The number of hydrogen-bond acceptors (Lipinski definition) is 6. The van der Waals surface area contributed by atoms with Gasteiger partial charge in [-0.05, 0) is 40.2 Å². The van der Waals surface area contributed by atoms with Crippen molar-refractivity contribution in [1.82, 2.24) is 29.4 Å². The number of carbonyl (C=O) groups excluding carboxylic acids is 1. The minimum absolute atomic E-state index is 0.111. The van der Waals surface area contributed by atoms with Gasteiger partial charge in [-0.15, -0.1) is 5.10 Å². The number of aryl methyl sites for hydroxylation is 4. The molecule has 3 heterocycles. The molecule has 8 nitrogen and oxygen atoms in total. The van der Waals surface area contributed by atoms with Crippen molar-refractivity contribution >= 4 is 29.1 Å². The maximum Gasteiger partial charge on any atom is 0.253 e. The fourth-order valence-electron chi connectivity index (χ4n) is 2.56. The molecule has 0 aliphatic heterocycles. The van der Waals surface area contributed by atoms with Gasteiger partial charge in [0.2, 0.25) is 11.1 Å². The van der Waals surface area contributed by atoms with Crippen LogP contribution in [0, 0.1) is 34.6 Å². The number of carbonyl (C=O) groups is 1. The first-order valence-corrected chi connectivity index (χ1v) is 8.90. The van der Waals surface area contributed by atoms with Crippen LogP contribution in [0.5, 0.6) is 0 Å². The van der Waals surface area contributed by atoms with Crippen molar-refractivity contribution in [1.29, 1.82) is 0 Å². The average molecular weight is 359 g/mol. The molecule has 0 fully saturated rings. The van der Waals surface area contributed by atoms with Crippen LogP contribution in [0.25, 0.3) is 5.78 Å². The monoisotopic (exact) mass is 359 g/mol. The molecule has 0 saturated heterocycles. The van der Waals surface area contributed by atoms with E-state index < -0.39 is 0 Å². The third-order valence-corrected chi connectivity index (χ3v) is 5.18. The fourth-order valence-corrected chi connectivity index (χ4v) is 3.18. The maximum atomic E-state index is 12.2. The highest BCUT2D eigenvalue weighted by atomic mass is 32.2. The Morgan fingerprint density at radius 1 is 1.04 bits per heavy atom. The van der Waals surface area contributed by atoms with Gasteiger partial charge in [0.05, 0.1) is 22.8 Å². The summed E-state index contributed by atoms with van der Waals surface area (Å²) in [7, 11) is 1.85. The number of hydrogen-bond donors (Lipinski definition) is 1. The van der Waals surface area contributed by atoms with E-state index in [9.17, 15) is 4.79 Å². The number of nitrogens with zero attached hydrogens (tertiary/aromatic N) is 6. The van der Waals surface area contributed by atoms with E-state index in [0.29, 0.717) is 10.9 Å². The standard InChI is InChI=1S/C16H21N7OS/c1-8-9(2)17-15-19-16(21-23(15)11(8)4)25-7-13(24)18-14-10(3)20-22(6)12(14)5/h7H2,1-6H3,(H,18,24). The van der Waals surface area contributed by atoms with Crippen molar-refractivity contribution in [2.24, 2.45) is 7.05 Å². The van der Waals surface area contributed by atoms with Crippen LogP contribution in [-0.4, -0.2) is 41.0 Å². The first-order chi connectivity index (χ1) is 11.8. The van der Waals surface area contributed by atoms with Crippen LogP contribution >= 0.6 is 11.8 Å². The second kappa shape index (κ2) is 6.47. The lowest BCUT2D eigenvalue weighted by molar-refractivity contribution is -0.113. The number of aromatic nitrogens is 6. The number of rotatable bonds is 4. The summed E-state index contributed by atoms with van der Waals surface area (Å²) in [4.78, 5) is 21.1. The van der Waals surface area contributed by atoms with E-state index in [1.54, 1.807) is 9.20 Å². The summed E-state index contributed by atoms with van der Waals surface area (Å²) in [6.45, 7) is 9.75. The lowest BCUT2D eigenvalue weighted by atomic mass is 10.2. The minimum atomic E-state index is -0.111. The molecule has 0 atom stereocenters. The highest BCUT2D eigenvalue weighted by molar-refractivity contribution is 7.99. The fraction of sp³-hybridized carbons (Fsp3) is 0.438. The molecule has 0 aliphatic rings. The third kappa shape index (κ3) is 3.23. The van der Waals surface area contributed by atoms with Gasteiger partial charge in [-0.1, -0.05) is 11.8 Å². The van der Waals surface area contributed by atoms with Crippen LogP contribution in [0.4, 0.5) is 5.69 Å². The average Bonchev–Trinajstić information content (AvgIpc) is 3.07. The molecule has 9 heteroatoms. The van der Waals surface area contributed by atoms with Crippen LogP contribution in [0.1, 0.15) is 28.3 Å². The smallest absolute Gasteiger partial charge is 0.253 e. The van der Waals surface area contributed by atoms with Crippen molar-refractivity contribution in [2.75, 3.05) is 11.1 Å². The molecule has 0 radical (unpaired) electrons. The lowest BCUT2D eigenvalue weighted by Crippen LogP contribution is -2.15. The summed E-state index contributed by atoms with van der Waals surface area (Å²) in [6.07, 6.45) is 0. The molecule has 1 N–H and O–H groups in total. The molecule has 3 aromatic rings. The topological polar surface area (TPSA) is 90.0 Å². The number of anilines is 1. The van der Waals surface area contributed by atoms with E-state index in [1.807, 2.05) is 41.7 Å². The van der Waals surface area contributed by atoms with E-state index >= 15 is 0 Å². The number of thioether (sulfide) groups is 1. The largest absolute Gasteiger partial charge is 0.322 e. The van der Waals surface area contributed by atoms with Crippen LogP contribution in [0.3, 0.4) is 0 Å². The van der Waals surface area contributed by atoms with E-state index in [0.717, 1.165) is 34.0 Å². The summed E-state index contributed by atoms with van der Waals surface area (Å²) in [6, 6.07) is 0. The first kappa shape index (κ1) is 17.4. The summed E-state index contributed by atoms with van der Waals surface area (Å²) in [5.41, 5.74) is 5.53. The van der Waals surface area contributed by atoms with Gasteiger partial charge in [0.25, 0.3) is 5.78 Å². The molecule has 0 spiro atoms. The first-order valence-electron chi connectivity index (χ1n) is 7.91. The molecule has 25 heavy (non-hydrogen) atoms. The van der Waals surface area contributed by atoms with Gasteiger partial charge in [0, 0.05) is 18.4 Å². The van der Waals surface area contributed by atoms with Gasteiger partial charge in [-0.2, -0.15) is 10.1 Å². The van der Waals surface area contributed by atoms with Crippen molar-refractivity contribution in [3.63, 3.8) is 0 Å². The number of nitrogens with one attached hydrogen (secondary N) is 1. The zero-order valence-electron chi connectivity index (χ0n) is 15.2. The van der Waals surface area contributed by atoms with Crippen LogP contribution in [-0.2, 0) is 11.8 Å². The zero-order valence-corrected chi connectivity index (χ0v) is 16.0. The Balaban J connectivity index is 1.72. The minimum Gasteiger partial charge on any atom is -0.322 e. The highest BCUT2D eigenvalue weighted by Crippen LogP contribution is 2.20. The lowest BCUT2D eigenvalue weighted by Gasteiger charge is -2.04. The van der Waals surface area contributed by atoms with Crippen molar-refractivity contribution < 1.29 is 4.79 Å². The molecular formula is C16H21N7OS. The van der Waals surface area contributed by atoms with Crippen LogP contribution in [0.2, 0.25) is 0 Å². The van der Waals surface area contributed by atoms with Crippen molar-refractivity contribution in [3.05, 3.63) is 28.3 Å². The predicted molar refractivity (Wildman–Crippen MR) is 97.0 cm³/mol. The molecule has 0 aliphatic carbocycles. The van der Waals surface area contributed by atoms with E-state index in [-0.39, 0.29) is 11.7 Å². The van der Waals surface area contributed by atoms with E-state index in [2.05, 4.69) is 25.5 Å². The Labute approximate surface area is 150 Å². The molecule has 0 unspecified atom stereocenters. The SMILES string of the molecule is Cc1nc2nc(SCC(=O)Nc3c(C)nn(C)c3C)nn2c(C)c1C. The Morgan fingerprint density at radius 3 is 2.40 bits per heavy atom. The maximum absolute atomic E-state index is 12.2. The second-order valence-corrected chi connectivity index (χ2v) is 6.96. The zero-order chi connectivity index (χ0) is 18.3. The van der Waals surface area contributed by atoms with Gasteiger partial charge in [0.1, 0.15) is 0 Å². The van der Waals surface area contributed by atoms with Gasteiger partial charge in [-0.25, -0.2) is 9.50 Å². The Kier molecular flexibility index (Phi) is 4.51. The van der Waals surface area contributed by atoms with Crippen molar-refractivity contribution in [2.45, 2.75) is 39.8 Å². The second-order valence-electron chi connectivity index (χ2n) is 6.02. The predicted octanol–water partition coefficient (Wildman–Crippen LogP) is 2.13. The number of amides is 1. The summed E-state index contributed by atoms with van der Waals surface area (Å²) in [5.74, 6) is 0.671. The summed E-state index contributed by atoms with van der Waals surface area (Å²) >= 11 is 1.29. The summed E-state index contributed by atoms with van der Waals surface area (Å²) < 4.78 is 3.47. The molecule has 3 aromatic heterocycles. The molecular weight excluding hydrogens is 338 g/mol. The third-order valence-electron chi connectivity index (χ3n) is 4.35. The van der Waals surface area contributed by atoms with Gasteiger partial charge in [-0.3, -0.25) is 9.48 Å². The molecule has 0 bridgehead atoms. The molecule has 1 amide bonds. The van der Waals surface area contributed by atoms with Crippen LogP contribution < -0.4 is 5.32 Å². The van der Waals surface area contributed by atoms with Crippen LogP contribution in [0.15, 0.2) is 5.16 Å².